The van der Waals surface area contributed by atoms with Crippen LogP contribution in [-0.2, 0) is 9.59 Å². The molecule has 1 heterocycles. The molecule has 0 radical (unpaired) electrons. The predicted octanol–water partition coefficient (Wildman–Crippen LogP) is 3.64. The molecule has 0 spiro atoms. The van der Waals surface area contributed by atoms with Crippen molar-refractivity contribution in [2.45, 2.75) is 6.42 Å². The molecule has 6 atom stereocenters. The van der Waals surface area contributed by atoms with Crippen LogP contribution in [0.15, 0.2) is 60.7 Å². The van der Waals surface area contributed by atoms with Crippen LogP contribution in [0.5, 0.6) is 0 Å². The van der Waals surface area contributed by atoms with Crippen LogP contribution in [0, 0.1) is 41.3 Å². The molecule has 5 aliphatic rings. The minimum atomic E-state index is -0.386. The van der Waals surface area contributed by atoms with Crippen molar-refractivity contribution in [2.75, 3.05) is 10.2 Å². The molecule has 6 heteroatoms. The van der Waals surface area contributed by atoms with Crippen LogP contribution in [0.2, 0.25) is 0 Å². The van der Waals surface area contributed by atoms with E-state index in [1.54, 1.807) is 24.3 Å². The van der Waals surface area contributed by atoms with Gasteiger partial charge in [0, 0.05) is 11.3 Å². The number of benzene rings is 2. The normalized spacial score (nSPS) is 32.8. The van der Waals surface area contributed by atoms with Crippen molar-refractivity contribution in [3.05, 3.63) is 72.1 Å². The summed E-state index contributed by atoms with van der Waals surface area (Å²) in [4.78, 5) is 40.4. The largest absolute Gasteiger partial charge is 0.322 e. The highest BCUT2D eigenvalue weighted by Gasteiger charge is 2.67. The first kappa shape index (κ1) is 17.6. The zero-order valence-electron chi connectivity index (χ0n) is 16.0. The molecule has 1 aliphatic heterocycles. The van der Waals surface area contributed by atoms with E-state index < -0.39 is 0 Å². The summed E-state index contributed by atoms with van der Waals surface area (Å²) in [6.45, 7) is 0. The van der Waals surface area contributed by atoms with Crippen LogP contribution in [0.4, 0.5) is 15.8 Å². The Hall–Kier alpha value is -3.28. The molecule has 2 aromatic rings. The van der Waals surface area contributed by atoms with E-state index in [9.17, 15) is 18.8 Å². The van der Waals surface area contributed by atoms with Crippen molar-refractivity contribution in [3.8, 4) is 0 Å². The number of halogens is 1. The first-order valence-corrected chi connectivity index (χ1v) is 10.3. The van der Waals surface area contributed by atoms with E-state index in [-0.39, 0.29) is 47.2 Å². The molecule has 5 nitrogen and oxygen atoms in total. The molecule has 0 aromatic heterocycles. The van der Waals surface area contributed by atoms with E-state index in [4.69, 9.17) is 0 Å². The number of nitrogens with zero attached hydrogens (tertiary/aromatic N) is 1. The van der Waals surface area contributed by atoms with Gasteiger partial charge in [-0.1, -0.05) is 18.2 Å². The predicted molar refractivity (Wildman–Crippen MR) is 108 cm³/mol. The highest BCUT2D eigenvalue weighted by molar-refractivity contribution is 6.23. The number of allylic oxidation sites excluding steroid dienone is 2. The van der Waals surface area contributed by atoms with Gasteiger partial charge in [-0.25, -0.2) is 9.29 Å². The molecule has 1 saturated heterocycles. The maximum atomic E-state index is 13.2. The van der Waals surface area contributed by atoms with E-state index in [0.29, 0.717) is 28.8 Å². The second kappa shape index (κ2) is 6.11. The van der Waals surface area contributed by atoms with Crippen molar-refractivity contribution in [2.24, 2.45) is 35.5 Å². The van der Waals surface area contributed by atoms with Crippen molar-refractivity contribution in [3.63, 3.8) is 0 Å². The molecule has 4 aliphatic carbocycles. The zero-order valence-corrected chi connectivity index (χ0v) is 16.0. The topological polar surface area (TPSA) is 66.5 Å². The van der Waals surface area contributed by atoms with Crippen LogP contribution in [0.1, 0.15) is 16.8 Å². The lowest BCUT2D eigenvalue weighted by Crippen LogP contribution is -2.40. The summed E-state index contributed by atoms with van der Waals surface area (Å²) in [5.41, 5.74) is 1.23. The van der Waals surface area contributed by atoms with Gasteiger partial charge in [-0.3, -0.25) is 14.4 Å². The lowest BCUT2D eigenvalue weighted by atomic mass is 9.63. The van der Waals surface area contributed by atoms with E-state index in [2.05, 4.69) is 17.5 Å². The third-order valence-corrected chi connectivity index (χ3v) is 7.13. The number of hydrogen-bond donors (Lipinski definition) is 1. The number of hydrogen-bond acceptors (Lipinski definition) is 3. The van der Waals surface area contributed by atoms with Gasteiger partial charge >= 0.3 is 0 Å². The van der Waals surface area contributed by atoms with Crippen molar-refractivity contribution in [1.82, 2.24) is 0 Å². The standard InChI is InChI=1S/C24H19FN2O3/c25-13-4-6-14(7-5-13)26-22(28)12-2-1-3-15(10-12)27-23(29)20-16-8-9-17(19-11-18(16)19)21(20)24(27)30/h1-10,16-21H,11H2,(H,26,28)/t16-,17+,18-,19-,20+,21+/m1/s1. The Balaban J connectivity index is 1.28. The molecule has 3 amide bonds. The molecule has 2 saturated carbocycles. The van der Waals surface area contributed by atoms with E-state index in [1.807, 2.05) is 0 Å². The number of amides is 3. The Morgan fingerprint density at radius 2 is 1.57 bits per heavy atom. The van der Waals surface area contributed by atoms with Gasteiger partial charge in [0.2, 0.25) is 11.8 Å². The van der Waals surface area contributed by atoms with Crippen LogP contribution < -0.4 is 10.2 Å². The third kappa shape index (κ3) is 2.43. The first-order chi connectivity index (χ1) is 14.5. The highest BCUT2D eigenvalue weighted by atomic mass is 19.1. The Bertz CT molecular complexity index is 1090. The number of anilines is 2. The second-order valence-corrected chi connectivity index (χ2v) is 8.68. The smallest absolute Gasteiger partial charge is 0.255 e. The second-order valence-electron chi connectivity index (χ2n) is 8.68. The van der Waals surface area contributed by atoms with Crippen LogP contribution in [0.3, 0.4) is 0 Å². The molecule has 0 unspecified atom stereocenters. The highest BCUT2D eigenvalue weighted by Crippen LogP contribution is 2.65. The SMILES string of the molecule is O=C(Nc1ccc(F)cc1)c1cccc(N2C(=O)[C@H]3[C@@H]4C=C[C@@H]([C@H]5C[C@H]45)[C@@H]3C2=O)c1. The quantitative estimate of drug-likeness (QED) is 0.630. The van der Waals surface area contributed by atoms with Gasteiger partial charge < -0.3 is 5.32 Å². The van der Waals surface area contributed by atoms with Gasteiger partial charge in [0.15, 0.2) is 0 Å². The summed E-state index contributed by atoms with van der Waals surface area (Å²) in [6, 6.07) is 12.0. The van der Waals surface area contributed by atoms with Crippen LogP contribution >= 0.6 is 0 Å². The number of rotatable bonds is 3. The molecular formula is C24H19FN2O3. The third-order valence-electron chi connectivity index (χ3n) is 7.13. The van der Waals surface area contributed by atoms with Crippen LogP contribution in [-0.4, -0.2) is 17.7 Å². The summed E-state index contributed by atoms with van der Waals surface area (Å²) in [7, 11) is 0. The number of carbonyl (C=O) groups is 3. The summed E-state index contributed by atoms with van der Waals surface area (Å²) < 4.78 is 13.1. The van der Waals surface area contributed by atoms with E-state index in [0.717, 1.165) is 6.42 Å². The molecule has 30 heavy (non-hydrogen) atoms. The number of nitrogens with one attached hydrogen (secondary N) is 1. The first-order valence-electron chi connectivity index (χ1n) is 10.3. The van der Waals surface area contributed by atoms with E-state index in [1.165, 1.54) is 29.2 Å². The molecule has 2 bridgehead atoms. The summed E-state index contributed by atoms with van der Waals surface area (Å²) in [5, 5.41) is 2.71. The fourth-order valence-corrected chi connectivity index (χ4v) is 5.73. The lowest BCUT2D eigenvalue weighted by molar-refractivity contribution is -0.124. The fourth-order valence-electron chi connectivity index (χ4n) is 5.73. The lowest BCUT2D eigenvalue weighted by Gasteiger charge is -2.37. The maximum Gasteiger partial charge on any atom is 0.255 e. The maximum absolute atomic E-state index is 13.2. The Morgan fingerprint density at radius 3 is 2.20 bits per heavy atom. The molecule has 150 valence electrons. The summed E-state index contributed by atoms with van der Waals surface area (Å²) in [5.74, 6) is -0.187. The number of carbonyl (C=O) groups excluding carboxylic acids is 3. The van der Waals surface area contributed by atoms with Gasteiger partial charge in [-0.15, -0.1) is 0 Å². The number of imide groups is 1. The fraction of sp³-hybridized carbons (Fsp3) is 0.292. The van der Waals surface area contributed by atoms with Gasteiger partial charge in [-0.05, 0) is 72.6 Å². The van der Waals surface area contributed by atoms with Gasteiger partial charge in [0.1, 0.15) is 5.82 Å². The molecule has 3 fully saturated rings. The summed E-state index contributed by atoms with van der Waals surface area (Å²) in [6.07, 6.45) is 5.40. The minimum Gasteiger partial charge on any atom is -0.322 e. The van der Waals surface area contributed by atoms with Gasteiger partial charge in [0.25, 0.3) is 5.91 Å². The minimum absolute atomic E-state index is 0.147. The average Bonchev–Trinajstić information content (AvgIpc) is 3.53. The van der Waals surface area contributed by atoms with E-state index >= 15 is 0 Å². The van der Waals surface area contributed by atoms with Gasteiger partial charge in [0.05, 0.1) is 17.5 Å². The van der Waals surface area contributed by atoms with Crippen molar-refractivity contribution < 1.29 is 18.8 Å². The monoisotopic (exact) mass is 402 g/mol. The van der Waals surface area contributed by atoms with Crippen molar-refractivity contribution in [1.29, 1.82) is 0 Å². The average molecular weight is 402 g/mol. The van der Waals surface area contributed by atoms with Crippen LogP contribution in [0.25, 0.3) is 0 Å². The molecule has 2 aromatic carbocycles. The summed E-state index contributed by atoms with van der Waals surface area (Å²) >= 11 is 0. The van der Waals surface area contributed by atoms with Gasteiger partial charge in [-0.2, -0.15) is 0 Å². The van der Waals surface area contributed by atoms with Crippen molar-refractivity contribution >= 4 is 29.1 Å². The molecule has 7 rings (SSSR count). The Kier molecular flexibility index (Phi) is 3.58. The Morgan fingerprint density at radius 1 is 0.933 bits per heavy atom. The zero-order chi connectivity index (χ0) is 20.6. The Labute approximate surface area is 172 Å². The molecular weight excluding hydrogens is 383 g/mol. The molecule has 1 N–H and O–H groups in total.